The number of pyridine rings is 1. The number of nitrogens with two attached hydrogens (primary N) is 2. The molecule has 0 radical (unpaired) electrons. The summed E-state index contributed by atoms with van der Waals surface area (Å²) in [6.07, 6.45) is 4.45. The molecule has 2 fully saturated rings. The minimum absolute atomic E-state index is 0.0565. The Hall–Kier alpha value is -2.74. The van der Waals surface area contributed by atoms with Gasteiger partial charge in [-0.15, -0.1) is 0 Å². The molecule has 2 aromatic heterocycles. The average Bonchev–Trinajstić information content (AvgIpc) is 3.26. The van der Waals surface area contributed by atoms with Gasteiger partial charge < -0.3 is 16.4 Å². The van der Waals surface area contributed by atoms with Crippen LogP contribution in [0.3, 0.4) is 0 Å². The van der Waals surface area contributed by atoms with E-state index in [0.717, 1.165) is 55.3 Å². The van der Waals surface area contributed by atoms with E-state index < -0.39 is 0 Å². The Morgan fingerprint density at radius 2 is 1.94 bits per heavy atom. The zero-order chi connectivity index (χ0) is 21.9. The number of anilines is 2. The van der Waals surface area contributed by atoms with Crippen molar-refractivity contribution in [2.45, 2.75) is 52.1 Å². The molecule has 5 rings (SSSR count). The van der Waals surface area contributed by atoms with Gasteiger partial charge in [-0.3, -0.25) is 14.4 Å². The molecule has 0 aromatic carbocycles. The van der Waals surface area contributed by atoms with E-state index in [2.05, 4.69) is 21.8 Å². The van der Waals surface area contributed by atoms with Crippen LogP contribution in [0.25, 0.3) is 0 Å². The summed E-state index contributed by atoms with van der Waals surface area (Å²) in [7, 11) is 1.81. The molecule has 1 saturated carbocycles. The monoisotopic (exact) mass is 421 g/mol. The van der Waals surface area contributed by atoms with Crippen molar-refractivity contribution in [1.82, 2.24) is 14.5 Å². The fourth-order valence-corrected chi connectivity index (χ4v) is 5.89. The largest absolute Gasteiger partial charge is 0.384 e. The van der Waals surface area contributed by atoms with Crippen LogP contribution in [0.5, 0.6) is 0 Å². The van der Waals surface area contributed by atoms with Crippen LogP contribution in [0, 0.1) is 18.3 Å². The van der Waals surface area contributed by atoms with Gasteiger partial charge in [0.2, 0.25) is 5.95 Å². The second-order valence-electron chi connectivity index (χ2n) is 9.63. The third kappa shape index (κ3) is 3.15. The third-order valence-corrected chi connectivity index (χ3v) is 7.57. The maximum atomic E-state index is 13.4. The highest BCUT2D eigenvalue weighted by Crippen LogP contribution is 2.48. The van der Waals surface area contributed by atoms with Gasteiger partial charge in [0.25, 0.3) is 5.56 Å². The number of rotatable bonds is 2. The number of nitrogen functional groups attached to an aromatic ring is 1. The Labute approximate surface area is 182 Å². The molecule has 31 heavy (non-hydrogen) atoms. The highest BCUT2D eigenvalue weighted by atomic mass is 16.1. The van der Waals surface area contributed by atoms with E-state index in [1.54, 1.807) is 10.6 Å². The van der Waals surface area contributed by atoms with Gasteiger partial charge >= 0.3 is 0 Å². The Morgan fingerprint density at radius 3 is 2.58 bits per heavy atom. The van der Waals surface area contributed by atoms with E-state index in [9.17, 15) is 4.79 Å². The van der Waals surface area contributed by atoms with Crippen molar-refractivity contribution in [3.63, 3.8) is 0 Å². The van der Waals surface area contributed by atoms with Crippen molar-refractivity contribution in [1.29, 1.82) is 0 Å². The number of aromatic nitrogens is 3. The number of piperidine rings is 1. The van der Waals surface area contributed by atoms with Crippen molar-refractivity contribution < 1.29 is 0 Å². The smallest absolute Gasteiger partial charge is 0.264 e. The molecule has 4 N–H and O–H groups in total. The van der Waals surface area contributed by atoms with Crippen LogP contribution in [0.4, 0.5) is 11.8 Å². The molecule has 0 bridgehead atoms. The molecule has 2 aromatic rings. The van der Waals surface area contributed by atoms with Crippen molar-refractivity contribution in [3.8, 4) is 0 Å². The first-order valence-electron chi connectivity index (χ1n) is 11.2. The van der Waals surface area contributed by atoms with Gasteiger partial charge in [0.1, 0.15) is 5.82 Å². The van der Waals surface area contributed by atoms with Crippen LogP contribution in [0.1, 0.15) is 55.1 Å². The quantitative estimate of drug-likeness (QED) is 0.763. The van der Waals surface area contributed by atoms with Crippen LogP contribution in [-0.4, -0.2) is 39.4 Å². The van der Waals surface area contributed by atoms with Gasteiger partial charge in [0, 0.05) is 37.4 Å². The van der Waals surface area contributed by atoms with Gasteiger partial charge in [-0.1, -0.05) is 6.92 Å². The number of hydrogen-bond donors (Lipinski definition) is 2. The van der Waals surface area contributed by atoms with E-state index in [4.69, 9.17) is 16.5 Å². The molecule has 0 amide bonds. The van der Waals surface area contributed by atoms with Gasteiger partial charge in [0.15, 0.2) is 0 Å². The van der Waals surface area contributed by atoms with E-state index in [0.29, 0.717) is 29.6 Å². The van der Waals surface area contributed by atoms with Crippen LogP contribution < -0.4 is 21.9 Å². The molecule has 2 aliphatic heterocycles. The fourth-order valence-electron chi connectivity index (χ4n) is 5.89. The predicted octanol–water partition coefficient (Wildman–Crippen LogP) is 1.76. The molecular formula is C23H31N7O. The van der Waals surface area contributed by atoms with Crippen molar-refractivity contribution >= 4 is 17.5 Å². The van der Waals surface area contributed by atoms with Crippen LogP contribution in [-0.2, 0) is 13.6 Å². The van der Waals surface area contributed by atoms with Gasteiger partial charge in [0.05, 0.1) is 23.5 Å². The summed E-state index contributed by atoms with van der Waals surface area (Å²) in [5.41, 5.74) is 16.1. The van der Waals surface area contributed by atoms with Gasteiger partial charge in [-0.25, -0.2) is 9.97 Å². The van der Waals surface area contributed by atoms with Crippen molar-refractivity contribution in [2.75, 3.05) is 23.7 Å². The van der Waals surface area contributed by atoms with Gasteiger partial charge in [-0.05, 0) is 56.1 Å². The van der Waals surface area contributed by atoms with Crippen LogP contribution in [0.15, 0.2) is 21.9 Å². The summed E-state index contributed by atoms with van der Waals surface area (Å²) in [4.78, 5) is 29.5. The summed E-state index contributed by atoms with van der Waals surface area (Å²) in [6.45, 7) is 6.37. The minimum Gasteiger partial charge on any atom is -0.384 e. The molecule has 2 atom stereocenters. The third-order valence-electron chi connectivity index (χ3n) is 7.57. The summed E-state index contributed by atoms with van der Waals surface area (Å²) in [5, 5.41) is 0. The van der Waals surface area contributed by atoms with E-state index in [-0.39, 0.29) is 17.0 Å². The maximum absolute atomic E-state index is 13.4. The Kier molecular flexibility index (Phi) is 4.66. The van der Waals surface area contributed by atoms with E-state index in [1.807, 2.05) is 20.0 Å². The van der Waals surface area contributed by atoms with Gasteiger partial charge in [-0.2, -0.15) is 0 Å². The summed E-state index contributed by atoms with van der Waals surface area (Å²) < 4.78 is 1.68. The minimum atomic E-state index is -0.0565. The lowest BCUT2D eigenvalue weighted by molar-refractivity contribution is 0.192. The molecule has 1 saturated heterocycles. The van der Waals surface area contributed by atoms with Crippen LogP contribution >= 0.6 is 0 Å². The highest BCUT2D eigenvalue weighted by Gasteiger charge is 2.46. The molecule has 8 nitrogen and oxygen atoms in total. The van der Waals surface area contributed by atoms with E-state index in [1.165, 1.54) is 6.42 Å². The summed E-state index contributed by atoms with van der Waals surface area (Å²) in [5.74, 6) is 1.90. The lowest BCUT2D eigenvalue weighted by Crippen LogP contribution is -2.48. The molecule has 8 heteroatoms. The standard InChI is InChI=1S/C23H31N7O/c1-13-10-17(24)23(11-13)6-8-30(9-7-23)22-28-16-12-26-20(19(16)21(31)29(22)3)15-4-5-18(25)27-14(15)2/h4-5,13,17H,6-12,24H2,1-3H3,(H2,25,27)/t13-,17+/m0/s1. The average molecular weight is 422 g/mol. The molecule has 4 heterocycles. The lowest BCUT2D eigenvalue weighted by atomic mass is 9.74. The molecule has 1 spiro atoms. The zero-order valence-electron chi connectivity index (χ0n) is 18.6. The van der Waals surface area contributed by atoms with E-state index >= 15 is 0 Å². The topological polar surface area (TPSA) is 115 Å². The summed E-state index contributed by atoms with van der Waals surface area (Å²) >= 11 is 0. The highest BCUT2D eigenvalue weighted by molar-refractivity contribution is 6.15. The molecule has 164 valence electrons. The predicted molar refractivity (Wildman–Crippen MR) is 122 cm³/mol. The lowest BCUT2D eigenvalue weighted by Gasteiger charge is -2.42. The number of nitrogens with zero attached hydrogens (tertiary/aromatic N) is 5. The number of aliphatic imine (C=N–C) groups is 1. The molecule has 3 aliphatic rings. The molecular weight excluding hydrogens is 390 g/mol. The first-order valence-corrected chi connectivity index (χ1v) is 11.2. The second-order valence-corrected chi connectivity index (χ2v) is 9.63. The normalized spacial score (nSPS) is 24.5. The van der Waals surface area contributed by atoms with Crippen molar-refractivity contribution in [2.24, 2.45) is 29.1 Å². The van der Waals surface area contributed by atoms with Crippen LogP contribution in [0.2, 0.25) is 0 Å². The fraction of sp³-hybridized carbons (Fsp3) is 0.565. The Morgan fingerprint density at radius 1 is 1.19 bits per heavy atom. The maximum Gasteiger partial charge on any atom is 0.264 e. The first kappa shape index (κ1) is 20.2. The number of hydrogen-bond acceptors (Lipinski definition) is 7. The number of fused-ring (bicyclic) bond motifs is 1. The zero-order valence-corrected chi connectivity index (χ0v) is 18.6. The number of aryl methyl sites for hydroxylation is 1. The first-order chi connectivity index (χ1) is 14.8. The molecule has 1 aliphatic carbocycles. The molecule has 0 unspecified atom stereocenters. The Bertz CT molecular complexity index is 1130. The van der Waals surface area contributed by atoms with Crippen molar-refractivity contribution in [3.05, 3.63) is 45.0 Å². The second kappa shape index (κ2) is 7.15. The SMILES string of the molecule is Cc1nc(N)ccc1C1=NCc2nc(N3CCC4(CC3)C[C@@H](C)C[C@H]4N)n(C)c(=O)c21. The summed E-state index contributed by atoms with van der Waals surface area (Å²) in [6, 6.07) is 3.91. The Balaban J connectivity index is 1.44.